The van der Waals surface area contributed by atoms with E-state index in [2.05, 4.69) is 5.32 Å². The Hall–Kier alpha value is -3.92. The quantitative estimate of drug-likeness (QED) is 0.202. The number of amides is 2. The van der Waals surface area contributed by atoms with Crippen molar-refractivity contribution in [2.45, 2.75) is 30.8 Å². The highest BCUT2D eigenvalue weighted by atomic mass is 35.5. The molecule has 0 unspecified atom stereocenters. The molecule has 11 heteroatoms. The van der Waals surface area contributed by atoms with Gasteiger partial charge in [-0.25, -0.2) is 12.8 Å². The molecule has 1 N–H and O–H groups in total. The van der Waals surface area contributed by atoms with Gasteiger partial charge in [0.1, 0.15) is 18.4 Å². The number of carbonyl (C=O) groups is 2. The Morgan fingerprint density at radius 1 is 0.837 bits per heavy atom. The third-order valence-electron chi connectivity index (χ3n) is 6.69. The Morgan fingerprint density at radius 2 is 1.47 bits per heavy atom. The van der Waals surface area contributed by atoms with Crippen LogP contribution < -0.4 is 9.62 Å². The zero-order valence-corrected chi connectivity index (χ0v) is 25.6. The fourth-order valence-electron chi connectivity index (χ4n) is 4.52. The maximum atomic E-state index is 14.3. The fourth-order valence-corrected chi connectivity index (χ4v) is 6.24. The Kier molecular flexibility index (Phi) is 10.8. The number of halogens is 3. The number of rotatable bonds is 12. The van der Waals surface area contributed by atoms with Crippen molar-refractivity contribution >= 4 is 50.7 Å². The molecule has 0 bridgehead atoms. The number of sulfonamides is 1. The number of likely N-dealkylation sites (N-methyl/N-ethyl adjacent to an activating group) is 1. The van der Waals surface area contributed by atoms with E-state index in [4.69, 9.17) is 23.2 Å². The zero-order valence-electron chi connectivity index (χ0n) is 23.3. The summed E-state index contributed by atoms with van der Waals surface area (Å²) in [5.74, 6) is -1.51. The second kappa shape index (κ2) is 14.5. The van der Waals surface area contributed by atoms with E-state index in [0.29, 0.717) is 12.1 Å². The number of carbonyl (C=O) groups excluding carboxylic acids is 2. The molecule has 4 aromatic rings. The molecule has 43 heavy (non-hydrogen) atoms. The minimum absolute atomic E-state index is 0.0384. The van der Waals surface area contributed by atoms with Crippen molar-refractivity contribution in [1.29, 1.82) is 0 Å². The summed E-state index contributed by atoms with van der Waals surface area (Å²) in [7, 11) is -4.27. The van der Waals surface area contributed by atoms with Crippen molar-refractivity contribution in [3.8, 4) is 0 Å². The summed E-state index contributed by atoms with van der Waals surface area (Å²) >= 11 is 12.4. The Balaban J connectivity index is 1.80. The third kappa shape index (κ3) is 8.13. The van der Waals surface area contributed by atoms with E-state index in [-0.39, 0.29) is 33.6 Å². The zero-order chi connectivity index (χ0) is 31.0. The molecule has 1 atom stereocenters. The molecule has 2 amide bonds. The van der Waals surface area contributed by atoms with E-state index in [9.17, 15) is 22.4 Å². The lowest BCUT2D eigenvalue weighted by molar-refractivity contribution is -0.140. The second-order valence-corrected chi connectivity index (χ2v) is 12.3. The summed E-state index contributed by atoms with van der Waals surface area (Å²) in [5.41, 5.74) is 1.48. The number of nitrogens with one attached hydrogen (secondary N) is 1. The molecular formula is C32H30Cl2FN3O4S. The van der Waals surface area contributed by atoms with Crippen LogP contribution in [0.5, 0.6) is 0 Å². The first kappa shape index (κ1) is 32.0. The van der Waals surface area contributed by atoms with Gasteiger partial charge in [0.2, 0.25) is 11.8 Å². The van der Waals surface area contributed by atoms with E-state index >= 15 is 0 Å². The van der Waals surface area contributed by atoms with Crippen molar-refractivity contribution in [3.05, 3.63) is 130 Å². The van der Waals surface area contributed by atoms with Crippen LogP contribution in [0.1, 0.15) is 18.1 Å². The molecule has 0 saturated carbocycles. The van der Waals surface area contributed by atoms with Crippen molar-refractivity contribution in [1.82, 2.24) is 10.2 Å². The van der Waals surface area contributed by atoms with Crippen LogP contribution in [-0.2, 0) is 32.6 Å². The van der Waals surface area contributed by atoms with Crippen molar-refractivity contribution in [2.75, 3.05) is 17.4 Å². The average Bonchev–Trinajstić information content (AvgIpc) is 3.01. The summed E-state index contributed by atoms with van der Waals surface area (Å²) in [5, 5.41) is 3.11. The van der Waals surface area contributed by atoms with Crippen LogP contribution in [0.15, 0.2) is 108 Å². The van der Waals surface area contributed by atoms with Crippen LogP contribution in [0, 0.1) is 5.82 Å². The van der Waals surface area contributed by atoms with Gasteiger partial charge in [-0.1, -0.05) is 83.9 Å². The van der Waals surface area contributed by atoms with Gasteiger partial charge in [-0.3, -0.25) is 13.9 Å². The Labute approximate surface area is 260 Å². The normalized spacial score (nSPS) is 11.9. The first-order valence-corrected chi connectivity index (χ1v) is 15.7. The Bertz CT molecular complexity index is 1660. The van der Waals surface area contributed by atoms with E-state index < -0.39 is 40.2 Å². The van der Waals surface area contributed by atoms with Crippen molar-refractivity contribution < 1.29 is 22.4 Å². The molecule has 0 aromatic heterocycles. The molecular weight excluding hydrogens is 612 g/mol. The van der Waals surface area contributed by atoms with E-state index in [1.54, 1.807) is 25.1 Å². The molecule has 0 aliphatic rings. The first-order chi connectivity index (χ1) is 20.6. The SMILES string of the molecule is CCNC(=O)[C@H](Cc1ccccc1)N(Cc1ccc(F)cc1)C(=O)CN(c1ccc(Cl)c(Cl)c1)S(=O)(=O)c1ccccc1. The topological polar surface area (TPSA) is 86.8 Å². The van der Waals surface area contributed by atoms with Gasteiger partial charge in [-0.15, -0.1) is 0 Å². The molecule has 0 fully saturated rings. The number of hydrogen-bond donors (Lipinski definition) is 1. The van der Waals surface area contributed by atoms with E-state index in [0.717, 1.165) is 9.87 Å². The molecule has 0 radical (unpaired) electrons. The van der Waals surface area contributed by atoms with Gasteiger partial charge in [-0.2, -0.15) is 0 Å². The van der Waals surface area contributed by atoms with Gasteiger partial charge < -0.3 is 10.2 Å². The van der Waals surface area contributed by atoms with Crippen molar-refractivity contribution in [3.63, 3.8) is 0 Å². The average molecular weight is 643 g/mol. The number of anilines is 1. The highest BCUT2D eigenvalue weighted by Crippen LogP contribution is 2.31. The van der Waals surface area contributed by atoms with Gasteiger partial charge in [-0.05, 0) is 60.5 Å². The van der Waals surface area contributed by atoms with Gasteiger partial charge >= 0.3 is 0 Å². The van der Waals surface area contributed by atoms with Crippen LogP contribution in [0.25, 0.3) is 0 Å². The summed E-state index contributed by atoms with van der Waals surface area (Å²) in [6.45, 7) is 1.36. The first-order valence-electron chi connectivity index (χ1n) is 13.5. The molecule has 0 saturated heterocycles. The van der Waals surface area contributed by atoms with Crippen LogP contribution in [0.4, 0.5) is 10.1 Å². The molecule has 224 valence electrons. The lowest BCUT2D eigenvalue weighted by atomic mass is 10.0. The van der Waals surface area contributed by atoms with E-state index in [1.165, 1.54) is 59.5 Å². The van der Waals surface area contributed by atoms with Crippen LogP contribution in [-0.4, -0.2) is 44.3 Å². The molecule has 0 heterocycles. The number of benzene rings is 4. The molecule has 7 nitrogen and oxygen atoms in total. The maximum absolute atomic E-state index is 14.3. The van der Waals surface area contributed by atoms with Crippen LogP contribution in [0.3, 0.4) is 0 Å². The highest BCUT2D eigenvalue weighted by Gasteiger charge is 2.34. The lowest BCUT2D eigenvalue weighted by Gasteiger charge is -2.34. The maximum Gasteiger partial charge on any atom is 0.264 e. The van der Waals surface area contributed by atoms with Gasteiger partial charge in [0.25, 0.3) is 10.0 Å². The van der Waals surface area contributed by atoms with Crippen molar-refractivity contribution in [2.24, 2.45) is 0 Å². The summed E-state index contributed by atoms with van der Waals surface area (Å²) < 4.78 is 42.6. The van der Waals surface area contributed by atoms with Gasteiger partial charge in [0.15, 0.2) is 0 Å². The Morgan fingerprint density at radius 3 is 2.07 bits per heavy atom. The summed E-state index contributed by atoms with van der Waals surface area (Å²) in [4.78, 5) is 29.0. The minimum Gasteiger partial charge on any atom is -0.355 e. The molecule has 0 aliphatic heterocycles. The lowest BCUT2D eigenvalue weighted by Crippen LogP contribution is -2.53. The molecule has 0 spiro atoms. The number of nitrogens with zero attached hydrogens (tertiary/aromatic N) is 2. The van der Waals surface area contributed by atoms with Gasteiger partial charge in [0.05, 0.1) is 20.6 Å². The molecule has 4 rings (SSSR count). The second-order valence-electron chi connectivity index (χ2n) is 9.67. The fraction of sp³-hybridized carbons (Fsp3) is 0.188. The predicted octanol–water partition coefficient (Wildman–Crippen LogP) is 6.10. The number of hydrogen-bond acceptors (Lipinski definition) is 4. The van der Waals surface area contributed by atoms with Gasteiger partial charge in [0, 0.05) is 19.5 Å². The van der Waals surface area contributed by atoms with E-state index in [1.807, 2.05) is 30.3 Å². The molecule has 0 aliphatic carbocycles. The minimum atomic E-state index is -4.27. The summed E-state index contributed by atoms with van der Waals surface area (Å²) in [6.07, 6.45) is 0.165. The molecule has 4 aromatic carbocycles. The summed E-state index contributed by atoms with van der Waals surface area (Å²) in [6, 6.07) is 25.7. The van der Waals surface area contributed by atoms with Crippen LogP contribution in [0.2, 0.25) is 10.0 Å². The predicted molar refractivity (Wildman–Crippen MR) is 167 cm³/mol. The van der Waals surface area contributed by atoms with Crippen LogP contribution >= 0.6 is 23.2 Å². The standard InChI is InChI=1S/C32H30Cl2FN3O4S/c1-2-36-32(40)30(19-23-9-5-3-6-10-23)37(21-24-13-15-25(35)16-14-24)31(39)22-38(26-17-18-28(33)29(34)20-26)43(41,42)27-11-7-4-8-12-27/h3-18,20,30H,2,19,21-22H2,1H3,(H,36,40)/t30-/m0/s1. The largest absolute Gasteiger partial charge is 0.355 e. The monoisotopic (exact) mass is 641 g/mol. The smallest absolute Gasteiger partial charge is 0.264 e. The third-order valence-corrected chi connectivity index (χ3v) is 9.22. The highest BCUT2D eigenvalue weighted by molar-refractivity contribution is 7.92.